The minimum atomic E-state index is -0.182. The second kappa shape index (κ2) is 18.1. The van der Waals surface area contributed by atoms with Crippen LogP contribution in [0.3, 0.4) is 0 Å². The van der Waals surface area contributed by atoms with E-state index in [0.717, 1.165) is 12.8 Å². The molecule has 1 heterocycles. The monoisotopic (exact) mass is 416 g/mol. The number of aromatic nitrogens is 2. The number of hydrogen-bond acceptors (Lipinski definition) is 3. The molecule has 170 valence electrons. The van der Waals surface area contributed by atoms with E-state index in [9.17, 15) is 9.59 Å². The number of rotatable bonds is 19. The van der Waals surface area contributed by atoms with Crippen LogP contribution < -0.4 is 5.56 Å². The van der Waals surface area contributed by atoms with E-state index in [4.69, 9.17) is 0 Å². The Balaban J connectivity index is 1.87. The molecule has 0 unspecified atom stereocenters. The van der Waals surface area contributed by atoms with Gasteiger partial charge in [0.2, 0.25) is 0 Å². The van der Waals surface area contributed by atoms with E-state index in [2.05, 4.69) is 29.0 Å². The van der Waals surface area contributed by atoms with Crippen LogP contribution >= 0.6 is 0 Å². The topological polar surface area (TPSA) is 62.8 Å². The third kappa shape index (κ3) is 15.2. The maximum atomic E-state index is 12.0. The smallest absolute Gasteiger partial charge is 0.251 e. The second-order valence-corrected chi connectivity index (χ2v) is 8.59. The van der Waals surface area contributed by atoms with Gasteiger partial charge in [0.1, 0.15) is 11.6 Å². The molecule has 0 aromatic carbocycles. The maximum absolute atomic E-state index is 12.0. The molecule has 1 aromatic rings. The van der Waals surface area contributed by atoms with Gasteiger partial charge in [0, 0.05) is 18.2 Å². The molecule has 4 heteroatoms. The lowest BCUT2D eigenvalue weighted by Crippen LogP contribution is -2.14. The molecule has 1 aromatic heterocycles. The summed E-state index contributed by atoms with van der Waals surface area (Å²) in [4.78, 5) is 30.3. The summed E-state index contributed by atoms with van der Waals surface area (Å²) in [6.07, 6.45) is 24.7. The fraction of sp³-hybridized carbons (Fsp3) is 0.731. The summed E-state index contributed by atoms with van der Waals surface area (Å²) >= 11 is 0. The van der Waals surface area contributed by atoms with Crippen molar-refractivity contribution in [2.45, 2.75) is 123 Å². The molecule has 0 spiro atoms. The van der Waals surface area contributed by atoms with Gasteiger partial charge in [0.25, 0.3) is 5.56 Å². The Bertz CT molecular complexity index is 649. The van der Waals surface area contributed by atoms with E-state index in [1.54, 1.807) is 6.92 Å². The first-order valence-corrected chi connectivity index (χ1v) is 12.4. The predicted octanol–water partition coefficient (Wildman–Crippen LogP) is 7.01. The van der Waals surface area contributed by atoms with Crippen molar-refractivity contribution in [3.63, 3.8) is 0 Å². The van der Waals surface area contributed by atoms with E-state index in [0.29, 0.717) is 17.9 Å². The van der Waals surface area contributed by atoms with Crippen molar-refractivity contribution in [3.8, 4) is 0 Å². The predicted molar refractivity (Wildman–Crippen MR) is 127 cm³/mol. The van der Waals surface area contributed by atoms with Gasteiger partial charge in [-0.1, -0.05) is 83.3 Å². The maximum Gasteiger partial charge on any atom is 0.251 e. The first-order chi connectivity index (χ1) is 14.6. The molecular weight excluding hydrogens is 372 g/mol. The summed E-state index contributed by atoms with van der Waals surface area (Å²) in [5, 5.41) is 0. The van der Waals surface area contributed by atoms with Gasteiger partial charge in [-0.25, -0.2) is 4.98 Å². The fourth-order valence-corrected chi connectivity index (χ4v) is 3.75. The molecule has 4 nitrogen and oxygen atoms in total. The van der Waals surface area contributed by atoms with Crippen LogP contribution in [-0.2, 0) is 11.2 Å². The van der Waals surface area contributed by atoms with Gasteiger partial charge < -0.3 is 4.98 Å². The largest absolute Gasteiger partial charge is 0.310 e. The molecule has 0 saturated carbocycles. The second-order valence-electron chi connectivity index (χ2n) is 8.59. The van der Waals surface area contributed by atoms with Gasteiger partial charge in [-0.2, -0.15) is 0 Å². The zero-order valence-electron chi connectivity index (χ0n) is 19.5. The third-order valence-corrected chi connectivity index (χ3v) is 5.50. The molecule has 30 heavy (non-hydrogen) atoms. The highest BCUT2D eigenvalue weighted by Gasteiger charge is 2.06. The van der Waals surface area contributed by atoms with Gasteiger partial charge in [-0.05, 0) is 39.0 Å². The summed E-state index contributed by atoms with van der Waals surface area (Å²) in [6, 6.07) is 1.45. The molecule has 0 amide bonds. The van der Waals surface area contributed by atoms with Crippen molar-refractivity contribution < 1.29 is 4.79 Å². The number of aromatic amines is 1. The van der Waals surface area contributed by atoms with Crippen LogP contribution in [0.5, 0.6) is 0 Å². The highest BCUT2D eigenvalue weighted by Crippen LogP contribution is 2.11. The summed E-state index contributed by atoms with van der Waals surface area (Å²) in [5.74, 6) is 0.655. The third-order valence-electron chi connectivity index (χ3n) is 5.50. The van der Waals surface area contributed by atoms with Crippen molar-refractivity contribution in [1.82, 2.24) is 9.97 Å². The zero-order chi connectivity index (χ0) is 21.9. The minimum Gasteiger partial charge on any atom is -0.310 e. The number of allylic oxidation sites excluding steroid dienone is 2. The molecule has 0 aliphatic carbocycles. The van der Waals surface area contributed by atoms with Gasteiger partial charge in [0.05, 0.1) is 6.42 Å². The standard InChI is InChI=1S/C26H44N2O2/c1-3-4-5-6-7-8-9-10-11-12-13-14-15-16-17-18-19-20-24(29)22-25-27-23(2)21-26(30)28-25/h10-11,21H,3-9,12-20,22H2,1-2H3,(H,27,28,30)/b11-10-. The number of ketones is 1. The number of H-pyrrole nitrogens is 1. The van der Waals surface area contributed by atoms with Crippen molar-refractivity contribution in [3.05, 3.63) is 40.1 Å². The highest BCUT2D eigenvalue weighted by molar-refractivity contribution is 5.80. The zero-order valence-corrected chi connectivity index (χ0v) is 19.5. The molecule has 0 radical (unpaired) electrons. The van der Waals surface area contributed by atoms with Crippen LogP contribution in [0.2, 0.25) is 0 Å². The van der Waals surface area contributed by atoms with E-state index < -0.39 is 0 Å². The van der Waals surface area contributed by atoms with Crippen LogP contribution in [0, 0.1) is 6.92 Å². The molecule has 0 atom stereocenters. The number of Topliss-reactive ketones (excluding diaryl/α,β-unsaturated/α-hetero) is 1. The first-order valence-electron chi connectivity index (χ1n) is 12.4. The number of hydrogen-bond donors (Lipinski definition) is 1. The normalized spacial score (nSPS) is 11.4. The number of unbranched alkanes of at least 4 members (excludes halogenated alkanes) is 13. The average Bonchev–Trinajstić information content (AvgIpc) is 2.69. The minimum absolute atomic E-state index is 0.163. The SMILES string of the molecule is CCCCCCCC/C=C\CCCCCCCCCC(=O)Cc1nc(C)cc(=O)[nH]1. The Labute approximate surface area is 184 Å². The molecule has 0 aliphatic rings. The van der Waals surface area contributed by atoms with Crippen LogP contribution in [0.1, 0.15) is 121 Å². The molecule has 1 rings (SSSR count). The molecule has 0 bridgehead atoms. The fourth-order valence-electron chi connectivity index (χ4n) is 3.75. The lowest BCUT2D eigenvalue weighted by molar-refractivity contribution is -0.118. The number of aryl methyl sites for hydroxylation is 1. The summed E-state index contributed by atoms with van der Waals surface area (Å²) in [7, 11) is 0. The lowest BCUT2D eigenvalue weighted by Gasteiger charge is -2.03. The summed E-state index contributed by atoms with van der Waals surface area (Å²) in [5.41, 5.74) is 0.480. The summed E-state index contributed by atoms with van der Waals surface area (Å²) in [6.45, 7) is 4.04. The van der Waals surface area contributed by atoms with E-state index in [-0.39, 0.29) is 17.8 Å². The van der Waals surface area contributed by atoms with Crippen LogP contribution in [0.15, 0.2) is 23.0 Å². The van der Waals surface area contributed by atoms with Crippen molar-refractivity contribution in [2.24, 2.45) is 0 Å². The number of carbonyl (C=O) groups excluding carboxylic acids is 1. The Morgan fingerprint density at radius 1 is 0.867 bits per heavy atom. The quantitative estimate of drug-likeness (QED) is 0.195. The Morgan fingerprint density at radius 2 is 1.40 bits per heavy atom. The first kappa shape index (κ1) is 26.3. The highest BCUT2D eigenvalue weighted by atomic mass is 16.1. The van der Waals surface area contributed by atoms with Crippen molar-refractivity contribution >= 4 is 5.78 Å². The van der Waals surface area contributed by atoms with Crippen LogP contribution in [0.25, 0.3) is 0 Å². The van der Waals surface area contributed by atoms with Gasteiger partial charge >= 0.3 is 0 Å². The number of nitrogens with one attached hydrogen (secondary N) is 1. The van der Waals surface area contributed by atoms with Crippen LogP contribution in [-0.4, -0.2) is 15.8 Å². The molecule has 1 N–H and O–H groups in total. The summed E-state index contributed by atoms with van der Waals surface area (Å²) < 4.78 is 0. The average molecular weight is 417 g/mol. The van der Waals surface area contributed by atoms with Crippen molar-refractivity contribution in [1.29, 1.82) is 0 Å². The Morgan fingerprint density at radius 3 is 1.97 bits per heavy atom. The molecule has 0 aliphatic heterocycles. The molecular formula is C26H44N2O2. The van der Waals surface area contributed by atoms with Gasteiger partial charge in [-0.15, -0.1) is 0 Å². The van der Waals surface area contributed by atoms with Crippen LogP contribution in [0.4, 0.5) is 0 Å². The van der Waals surface area contributed by atoms with Gasteiger partial charge in [-0.3, -0.25) is 9.59 Å². The Kier molecular flexibility index (Phi) is 15.9. The Hall–Kier alpha value is -1.71. The van der Waals surface area contributed by atoms with E-state index in [1.165, 1.54) is 89.5 Å². The molecule has 0 fully saturated rings. The number of carbonyl (C=O) groups is 1. The van der Waals surface area contributed by atoms with Crippen molar-refractivity contribution in [2.75, 3.05) is 0 Å². The van der Waals surface area contributed by atoms with Gasteiger partial charge in [0.15, 0.2) is 0 Å². The van der Waals surface area contributed by atoms with E-state index >= 15 is 0 Å². The number of nitrogens with zero attached hydrogens (tertiary/aromatic N) is 1. The molecule has 0 saturated heterocycles. The van der Waals surface area contributed by atoms with E-state index in [1.807, 2.05) is 0 Å². The lowest BCUT2D eigenvalue weighted by atomic mass is 10.0.